The van der Waals surface area contributed by atoms with Crippen molar-refractivity contribution in [2.75, 3.05) is 5.32 Å². The highest BCUT2D eigenvalue weighted by Gasteiger charge is 2.30. The van der Waals surface area contributed by atoms with Gasteiger partial charge in [0.15, 0.2) is 23.6 Å². The molecule has 4 bridgehead atoms. The van der Waals surface area contributed by atoms with E-state index in [1.54, 1.807) is 36.4 Å². The minimum atomic E-state index is -4.19. The molecule has 186 valence electrons. The van der Waals surface area contributed by atoms with Crippen molar-refractivity contribution in [3.63, 3.8) is 0 Å². The van der Waals surface area contributed by atoms with Gasteiger partial charge in [0.05, 0.1) is 15.8 Å². The molecule has 0 saturated carbocycles. The molecule has 2 aliphatic rings. The fraction of sp³-hybridized carbons (Fsp3) is 0.111. The number of benzene rings is 3. The Morgan fingerprint density at radius 1 is 1.00 bits per heavy atom. The summed E-state index contributed by atoms with van der Waals surface area (Å²) in [7, 11) is -4.19. The topological polar surface area (TPSA) is 72.7 Å². The van der Waals surface area contributed by atoms with Crippen LogP contribution in [0.4, 0.5) is 13.6 Å². The van der Waals surface area contributed by atoms with Gasteiger partial charge in [-0.25, -0.2) is 15.0 Å². The van der Waals surface area contributed by atoms with Crippen LogP contribution in [0.15, 0.2) is 82.6 Å². The van der Waals surface area contributed by atoms with E-state index < -0.39 is 10.8 Å². The number of nitrogens with one attached hydrogen (secondary N) is 1. The number of rotatable bonds is 4. The first-order valence-corrected chi connectivity index (χ1v) is 13.3. The molecule has 0 saturated heterocycles. The molecular weight excluding hydrogens is 516 g/mol. The first kappa shape index (κ1) is 23.6. The summed E-state index contributed by atoms with van der Waals surface area (Å²) in [5.41, 5.74) is 3.21. The quantitative estimate of drug-likeness (QED) is 0.241. The van der Waals surface area contributed by atoms with Crippen molar-refractivity contribution >= 4 is 45.7 Å². The summed E-state index contributed by atoms with van der Waals surface area (Å²) in [6, 6.07) is 20.0. The summed E-state index contributed by atoms with van der Waals surface area (Å²) in [5.74, 6) is 0.868. The van der Waals surface area contributed by atoms with Gasteiger partial charge in [0.2, 0.25) is 0 Å². The summed E-state index contributed by atoms with van der Waals surface area (Å²) in [6.07, 6.45) is 0.567. The number of carbonyl (C=O) groups excluding carboxylic acids is 1. The number of anilines is 1. The van der Waals surface area contributed by atoms with Crippen LogP contribution >= 0.6 is 22.4 Å². The van der Waals surface area contributed by atoms with E-state index in [1.165, 1.54) is 24.3 Å². The maximum Gasteiger partial charge on any atom is 0.196 e. The van der Waals surface area contributed by atoms with Gasteiger partial charge in [-0.05, 0) is 54.4 Å². The summed E-state index contributed by atoms with van der Waals surface area (Å²) < 4.78 is 32.7. The lowest BCUT2D eigenvalue weighted by Crippen LogP contribution is -2.12. The van der Waals surface area contributed by atoms with E-state index in [-0.39, 0.29) is 21.7 Å². The van der Waals surface area contributed by atoms with Crippen molar-refractivity contribution in [2.45, 2.75) is 29.3 Å². The Hall–Kier alpha value is -3.82. The number of aromatic nitrogens is 4. The van der Waals surface area contributed by atoms with Gasteiger partial charge in [-0.15, -0.1) is 7.77 Å². The molecule has 0 aliphatic carbocycles. The maximum atomic E-state index is 15.4. The minimum Gasteiger partial charge on any atom is -0.362 e. The zero-order valence-electron chi connectivity index (χ0n) is 19.5. The number of imidazole rings is 1. The molecule has 0 radical (unpaired) electrons. The van der Waals surface area contributed by atoms with Crippen LogP contribution in [0.3, 0.4) is 0 Å². The fourth-order valence-electron chi connectivity index (χ4n) is 4.50. The Kier molecular flexibility index (Phi) is 5.69. The number of carbonyl (C=O) groups is 1. The van der Waals surface area contributed by atoms with Gasteiger partial charge < -0.3 is 9.88 Å². The molecule has 0 fully saturated rings. The van der Waals surface area contributed by atoms with Gasteiger partial charge in [0.25, 0.3) is 0 Å². The Balaban J connectivity index is 1.58. The molecule has 2 aliphatic heterocycles. The average Bonchev–Trinajstić information content (AvgIpc) is 3.27. The second-order valence-electron chi connectivity index (χ2n) is 8.80. The molecule has 0 amide bonds. The van der Waals surface area contributed by atoms with Crippen LogP contribution in [0.2, 0.25) is 5.02 Å². The molecule has 2 aromatic heterocycles. The number of hydrogen-bond acceptors (Lipinski definition) is 5. The third-order valence-electron chi connectivity index (χ3n) is 6.40. The highest BCUT2D eigenvalue weighted by atomic mass is 35.5. The predicted octanol–water partition coefficient (Wildman–Crippen LogP) is 7.49. The molecule has 5 aromatic rings. The van der Waals surface area contributed by atoms with Crippen LogP contribution < -0.4 is 5.32 Å². The zero-order valence-corrected chi connectivity index (χ0v) is 21.1. The number of fused-ring (bicyclic) bond motifs is 3. The van der Waals surface area contributed by atoms with Crippen LogP contribution in [0.5, 0.6) is 0 Å². The van der Waals surface area contributed by atoms with E-state index in [4.69, 9.17) is 16.6 Å². The van der Waals surface area contributed by atoms with Crippen molar-refractivity contribution in [2.24, 2.45) is 0 Å². The van der Waals surface area contributed by atoms with Crippen LogP contribution in [0.25, 0.3) is 22.6 Å². The van der Waals surface area contributed by atoms with Crippen LogP contribution in [-0.2, 0) is 6.54 Å². The van der Waals surface area contributed by atoms with Gasteiger partial charge in [0.1, 0.15) is 22.1 Å². The van der Waals surface area contributed by atoms with Gasteiger partial charge in [-0.1, -0.05) is 48.0 Å². The lowest BCUT2D eigenvalue weighted by Gasteiger charge is -2.21. The largest absolute Gasteiger partial charge is 0.362 e. The SMILES string of the molecule is C[C@@H](Nc1nc(C=O)nc2nc3n(c12)Cc1ccc(cc1)S(F)(F)c1cccc-3c1)c1ccc(Cl)cc1. The lowest BCUT2D eigenvalue weighted by atomic mass is 10.1. The molecule has 10 heteroatoms. The van der Waals surface area contributed by atoms with E-state index in [0.29, 0.717) is 46.2 Å². The van der Waals surface area contributed by atoms with Gasteiger partial charge in [-0.2, -0.15) is 0 Å². The van der Waals surface area contributed by atoms with Crippen molar-refractivity contribution in [3.8, 4) is 11.4 Å². The molecule has 0 spiro atoms. The average molecular weight is 536 g/mol. The van der Waals surface area contributed by atoms with Crippen LogP contribution in [-0.4, -0.2) is 25.8 Å². The third-order valence-corrected chi connectivity index (χ3v) is 8.36. The maximum absolute atomic E-state index is 15.4. The van der Waals surface area contributed by atoms with E-state index in [2.05, 4.69) is 15.3 Å². The Labute approximate surface area is 218 Å². The minimum absolute atomic E-state index is 0.0101. The lowest BCUT2D eigenvalue weighted by molar-refractivity contribution is 0.111. The molecule has 1 atom stereocenters. The zero-order chi connectivity index (χ0) is 25.7. The summed E-state index contributed by atoms with van der Waals surface area (Å²) in [5, 5.41) is 4.02. The highest BCUT2D eigenvalue weighted by Crippen LogP contribution is 2.65. The number of aldehydes is 1. The Morgan fingerprint density at radius 3 is 2.49 bits per heavy atom. The number of hydrogen-bond donors (Lipinski definition) is 1. The summed E-state index contributed by atoms with van der Waals surface area (Å²) in [6.45, 7) is 2.32. The fourth-order valence-corrected chi connectivity index (χ4v) is 5.90. The molecule has 6 nitrogen and oxygen atoms in total. The Morgan fingerprint density at radius 2 is 1.76 bits per heavy atom. The summed E-state index contributed by atoms with van der Waals surface area (Å²) in [4.78, 5) is 25.2. The standard InChI is InChI=1S/C27H20ClF2N5OS/c1-16(18-7-9-20(28)10-8-18)31-25-24-26(33-23(15-36)32-25)34-27-19-3-2-4-22(13-19)37(29,30)21-11-5-17(6-12-21)14-35(24)27/h2-13,15-16H,14H2,1H3,(H,31,32,33)/t16-/m1/s1. The van der Waals surface area contributed by atoms with Crippen molar-refractivity contribution in [3.05, 3.63) is 94.8 Å². The van der Waals surface area contributed by atoms with Crippen molar-refractivity contribution in [1.82, 2.24) is 19.5 Å². The van der Waals surface area contributed by atoms with E-state index in [0.717, 1.165) is 11.1 Å². The Bertz CT molecular complexity index is 1650. The third kappa shape index (κ3) is 4.14. The second kappa shape index (κ2) is 8.93. The van der Waals surface area contributed by atoms with E-state index in [9.17, 15) is 4.79 Å². The smallest absolute Gasteiger partial charge is 0.196 e. The number of nitrogens with zero attached hydrogens (tertiary/aromatic N) is 4. The van der Waals surface area contributed by atoms with Crippen LogP contribution in [0, 0.1) is 0 Å². The molecule has 1 N–H and O–H groups in total. The predicted molar refractivity (Wildman–Crippen MR) is 142 cm³/mol. The van der Waals surface area contributed by atoms with Crippen LogP contribution in [0.1, 0.15) is 34.7 Å². The normalized spacial score (nSPS) is 15.5. The molecule has 3 aromatic carbocycles. The molecule has 37 heavy (non-hydrogen) atoms. The van der Waals surface area contributed by atoms with E-state index in [1.807, 2.05) is 23.6 Å². The monoisotopic (exact) mass is 535 g/mol. The van der Waals surface area contributed by atoms with Crippen molar-refractivity contribution in [1.29, 1.82) is 0 Å². The molecule has 0 unspecified atom stereocenters. The van der Waals surface area contributed by atoms with Gasteiger partial charge in [-0.3, -0.25) is 4.79 Å². The molecular formula is C27H20ClF2N5OS. The summed E-state index contributed by atoms with van der Waals surface area (Å²) >= 11 is 6.05. The highest BCUT2D eigenvalue weighted by molar-refractivity contribution is 8.25. The number of halogens is 3. The van der Waals surface area contributed by atoms with Gasteiger partial charge >= 0.3 is 0 Å². The van der Waals surface area contributed by atoms with Crippen molar-refractivity contribution < 1.29 is 12.6 Å². The van der Waals surface area contributed by atoms with Gasteiger partial charge in [0, 0.05) is 17.1 Å². The first-order valence-electron chi connectivity index (χ1n) is 11.5. The molecule has 4 heterocycles. The first-order chi connectivity index (χ1) is 17.8. The van der Waals surface area contributed by atoms with E-state index >= 15 is 7.77 Å². The molecule has 7 rings (SSSR count). The second-order valence-corrected chi connectivity index (χ2v) is 11.1.